The van der Waals surface area contributed by atoms with Crippen molar-refractivity contribution in [2.45, 2.75) is 79.3 Å². The highest BCUT2D eigenvalue weighted by Crippen LogP contribution is 2.42. The molecule has 2 heterocycles. The van der Waals surface area contributed by atoms with Crippen molar-refractivity contribution in [1.82, 2.24) is 29.9 Å². The minimum absolute atomic E-state index is 0.167. The molecule has 0 spiro atoms. The molecule has 5 amide bonds. The van der Waals surface area contributed by atoms with Crippen LogP contribution in [0.2, 0.25) is 0 Å². The predicted octanol–water partition coefficient (Wildman–Crippen LogP) is 7.60. The summed E-state index contributed by atoms with van der Waals surface area (Å²) in [7, 11) is 0. The van der Waals surface area contributed by atoms with Crippen molar-refractivity contribution < 1.29 is 28.4 Å². The second-order valence-corrected chi connectivity index (χ2v) is 18.2. The lowest BCUT2D eigenvalue weighted by Crippen LogP contribution is -2.56. The Morgan fingerprint density at radius 1 is 0.690 bits per heavy atom. The lowest BCUT2D eigenvalue weighted by atomic mass is 9.90. The minimum Gasteiger partial charge on any atom is -0.456 e. The maximum atomic E-state index is 14.3. The van der Waals surface area contributed by atoms with Crippen LogP contribution in [0.1, 0.15) is 81.8 Å². The Morgan fingerprint density at radius 2 is 1.35 bits per heavy atom. The third-order valence-electron chi connectivity index (χ3n) is 13.4. The zero-order valence-electron chi connectivity index (χ0n) is 42.1. The number of anilines is 1. The van der Waals surface area contributed by atoms with Crippen LogP contribution < -0.4 is 25.5 Å². The van der Waals surface area contributed by atoms with Crippen LogP contribution in [0, 0.1) is 0 Å². The Bertz CT molecular complexity index is 2820. The lowest BCUT2D eigenvalue weighted by molar-refractivity contribution is -0.148. The van der Waals surface area contributed by atoms with Crippen LogP contribution in [0.3, 0.4) is 0 Å². The first-order valence-electron chi connectivity index (χ1n) is 25.5. The van der Waals surface area contributed by atoms with E-state index in [1.54, 1.807) is 0 Å². The zero-order chi connectivity index (χ0) is 50.3. The fourth-order valence-electron chi connectivity index (χ4n) is 9.51. The Kier molecular flexibility index (Phi) is 18.2. The normalized spacial score (nSPS) is 14.9. The van der Waals surface area contributed by atoms with Gasteiger partial charge in [0.1, 0.15) is 37.0 Å². The summed E-state index contributed by atoms with van der Waals surface area (Å²) in [5.74, 6) is -1.03. The van der Waals surface area contributed by atoms with Crippen LogP contribution in [-0.4, -0.2) is 116 Å². The SMILES string of the molecule is CCCCN1CC(=O)N(Cc2ccccc2)CC(=O)N(CCCCNC(=O)c2ccccc2-c2c3ccc(=[N+](CC)CC)cc-3oc3cc(N(CC)CC)ccc23)CC(=O)N[C@@H](Cc2ccccc2)C1=O. The summed E-state index contributed by atoms with van der Waals surface area (Å²) in [6, 6.07) is 38.2. The Morgan fingerprint density at radius 3 is 2.06 bits per heavy atom. The molecular formula is C58H70N7O6+. The highest BCUT2D eigenvalue weighted by atomic mass is 16.3. The molecule has 0 radical (unpaired) electrons. The topological polar surface area (TPSA) is 139 Å². The van der Waals surface area contributed by atoms with E-state index in [-0.39, 0.29) is 62.8 Å². The smallest absolute Gasteiger partial charge is 0.251 e. The first kappa shape index (κ1) is 51.6. The predicted molar refractivity (Wildman–Crippen MR) is 282 cm³/mol. The zero-order valence-corrected chi connectivity index (χ0v) is 42.1. The molecule has 4 aromatic rings. The molecule has 1 saturated heterocycles. The van der Waals surface area contributed by atoms with Crippen molar-refractivity contribution in [2.75, 3.05) is 70.3 Å². The van der Waals surface area contributed by atoms with Crippen molar-refractivity contribution in [3.05, 3.63) is 143 Å². The van der Waals surface area contributed by atoms with Crippen molar-refractivity contribution in [2.24, 2.45) is 0 Å². The van der Waals surface area contributed by atoms with Gasteiger partial charge in [0, 0.05) is 85.6 Å². The second kappa shape index (κ2) is 25.0. The van der Waals surface area contributed by atoms with Gasteiger partial charge in [0.15, 0.2) is 0 Å². The number of rotatable bonds is 19. The summed E-state index contributed by atoms with van der Waals surface area (Å²) in [5.41, 5.74) is 6.61. The number of hydrogen-bond donors (Lipinski definition) is 2. The number of nitrogens with one attached hydrogen (secondary N) is 2. The molecule has 372 valence electrons. The molecule has 1 aliphatic carbocycles. The molecule has 13 heteroatoms. The van der Waals surface area contributed by atoms with Crippen molar-refractivity contribution in [3.63, 3.8) is 0 Å². The van der Waals surface area contributed by atoms with Gasteiger partial charge in [0.25, 0.3) is 5.91 Å². The summed E-state index contributed by atoms with van der Waals surface area (Å²) in [4.78, 5) is 77.8. The molecule has 3 aliphatic rings. The minimum atomic E-state index is -0.942. The number of carbonyl (C=O) groups is 5. The first-order chi connectivity index (χ1) is 34.5. The van der Waals surface area contributed by atoms with E-state index in [2.05, 4.69) is 84.2 Å². The van der Waals surface area contributed by atoms with Gasteiger partial charge in [-0.25, -0.2) is 4.58 Å². The number of fused-ring (bicyclic) bond motifs is 2. The van der Waals surface area contributed by atoms with Crippen LogP contribution in [0.4, 0.5) is 5.69 Å². The van der Waals surface area contributed by atoms with Crippen molar-refractivity contribution >= 4 is 46.2 Å². The van der Waals surface area contributed by atoms with Gasteiger partial charge < -0.3 is 34.7 Å². The molecule has 7 rings (SSSR count). The Balaban J connectivity index is 1.11. The molecule has 1 fully saturated rings. The molecule has 4 aromatic carbocycles. The van der Waals surface area contributed by atoms with E-state index in [1.807, 2.05) is 91.9 Å². The monoisotopic (exact) mass is 961 g/mol. The fraction of sp³-hybridized carbons (Fsp3) is 0.379. The van der Waals surface area contributed by atoms with Crippen LogP contribution >= 0.6 is 0 Å². The van der Waals surface area contributed by atoms with E-state index in [4.69, 9.17) is 4.42 Å². The first-order valence-corrected chi connectivity index (χ1v) is 25.5. The Hall–Kier alpha value is -7.28. The molecule has 2 aliphatic heterocycles. The standard InChI is InChI=1S/C58H69N7O6/c1-6-11-33-64-40-55(68)65(38-43-24-16-13-17-25-43)41-54(67)63(39-53(66)60-50(58(64)70)35-42-22-14-12-15-23-42)34-21-20-32-59-57(69)47-27-19-18-26-46(47)56-48-30-28-44(61(7-2)8-3)36-51(48)71-52-37-45(29-31-49(52)56)62(9-4)10-5/h12-19,22-31,36-37,50H,6-11,20-21,32-35,38-41H2,1-5H3,(H-,59,60,66,69)/p+1/t50-/m0/s1. The number of amides is 5. The summed E-state index contributed by atoms with van der Waals surface area (Å²) < 4.78 is 8.99. The lowest BCUT2D eigenvalue weighted by Gasteiger charge is -2.33. The average molecular weight is 961 g/mol. The molecule has 1 atom stereocenters. The molecule has 13 nitrogen and oxygen atoms in total. The summed E-state index contributed by atoms with van der Waals surface area (Å²) >= 11 is 0. The third kappa shape index (κ3) is 12.9. The highest BCUT2D eigenvalue weighted by Gasteiger charge is 2.32. The van der Waals surface area contributed by atoms with E-state index < -0.39 is 11.9 Å². The van der Waals surface area contributed by atoms with Crippen LogP contribution in [0.15, 0.2) is 126 Å². The maximum Gasteiger partial charge on any atom is 0.251 e. The van der Waals surface area contributed by atoms with E-state index in [1.165, 1.54) is 14.7 Å². The van der Waals surface area contributed by atoms with Crippen LogP contribution in [0.5, 0.6) is 0 Å². The summed E-state index contributed by atoms with van der Waals surface area (Å²) in [5, 5.41) is 8.04. The van der Waals surface area contributed by atoms with Gasteiger partial charge in [0.05, 0.1) is 19.2 Å². The third-order valence-corrected chi connectivity index (χ3v) is 13.4. The number of nitrogens with zero attached hydrogens (tertiary/aromatic N) is 5. The van der Waals surface area contributed by atoms with Crippen LogP contribution in [-0.2, 0) is 32.1 Å². The number of unbranched alkanes of at least 4 members (excludes halogenated alkanes) is 2. The maximum absolute atomic E-state index is 14.3. The summed E-state index contributed by atoms with van der Waals surface area (Å²) in [6.07, 6.45) is 2.68. The molecule has 71 heavy (non-hydrogen) atoms. The van der Waals surface area contributed by atoms with E-state index >= 15 is 0 Å². The molecule has 0 aromatic heterocycles. The van der Waals surface area contributed by atoms with Crippen molar-refractivity contribution in [1.29, 1.82) is 0 Å². The number of carbonyl (C=O) groups excluding carboxylic acids is 5. The van der Waals surface area contributed by atoms with Gasteiger partial charge in [-0.15, -0.1) is 0 Å². The quantitative estimate of drug-likeness (QED) is 0.0485. The molecular weight excluding hydrogens is 891 g/mol. The van der Waals surface area contributed by atoms with Gasteiger partial charge in [-0.05, 0) is 87.9 Å². The largest absolute Gasteiger partial charge is 0.456 e. The molecule has 0 saturated carbocycles. The highest BCUT2D eigenvalue weighted by molar-refractivity contribution is 6.09. The van der Waals surface area contributed by atoms with Gasteiger partial charge in [-0.1, -0.05) is 92.2 Å². The van der Waals surface area contributed by atoms with Gasteiger partial charge in [-0.2, -0.15) is 0 Å². The van der Waals surface area contributed by atoms with Gasteiger partial charge >= 0.3 is 0 Å². The number of hydrogen-bond acceptors (Lipinski definition) is 7. The fourth-order valence-corrected chi connectivity index (χ4v) is 9.51. The summed E-state index contributed by atoms with van der Waals surface area (Å²) in [6.45, 7) is 14.2. The molecule has 0 bridgehead atoms. The van der Waals surface area contributed by atoms with Crippen molar-refractivity contribution in [3.8, 4) is 22.5 Å². The van der Waals surface area contributed by atoms with E-state index in [0.29, 0.717) is 37.9 Å². The second-order valence-electron chi connectivity index (χ2n) is 18.2. The van der Waals surface area contributed by atoms with Gasteiger partial charge in [-0.3, -0.25) is 24.0 Å². The average Bonchev–Trinajstić information content (AvgIpc) is 3.39. The number of benzene rings is 5. The van der Waals surface area contributed by atoms with E-state index in [9.17, 15) is 24.0 Å². The molecule has 2 N–H and O–H groups in total. The van der Waals surface area contributed by atoms with E-state index in [0.717, 1.165) is 88.2 Å². The van der Waals surface area contributed by atoms with Crippen LogP contribution in [0.25, 0.3) is 33.4 Å². The van der Waals surface area contributed by atoms with Gasteiger partial charge in [0.2, 0.25) is 29.0 Å². The molecule has 0 unspecified atom stereocenters. The Labute approximate surface area is 418 Å².